The Morgan fingerprint density at radius 3 is 2.32 bits per heavy atom. The summed E-state index contributed by atoms with van der Waals surface area (Å²) >= 11 is 0. The number of carboxylic acid groups (broad SMARTS) is 1. The van der Waals surface area contributed by atoms with Gasteiger partial charge in [0.1, 0.15) is 0 Å². The van der Waals surface area contributed by atoms with Crippen LogP contribution < -0.4 is 4.74 Å². The molecule has 1 aromatic heterocycles. The Bertz CT molecular complexity index is 1220. The third-order valence-corrected chi connectivity index (χ3v) is 4.39. The standard InChI is InChI=1S/C21H15FN4O5/c1-30-17-8-7-13(9-15(17)22)16-10-14(20(27)28)19(25-26-23)18(24-16)11-3-5-12(6-4-11)21(29)31-2/h3-10H,1-2H3,(H,27,28). The number of esters is 1. The fourth-order valence-electron chi connectivity index (χ4n) is 2.90. The maximum absolute atomic E-state index is 14.2. The lowest BCUT2D eigenvalue weighted by molar-refractivity contribution is 0.0600. The lowest BCUT2D eigenvalue weighted by Gasteiger charge is -2.12. The number of rotatable bonds is 6. The van der Waals surface area contributed by atoms with E-state index in [0.29, 0.717) is 11.1 Å². The molecule has 156 valence electrons. The van der Waals surface area contributed by atoms with Gasteiger partial charge in [-0.15, -0.1) is 0 Å². The molecular formula is C21H15FN4O5. The minimum absolute atomic E-state index is 0.0199. The molecule has 2 aromatic carbocycles. The zero-order valence-corrected chi connectivity index (χ0v) is 16.4. The van der Waals surface area contributed by atoms with Crippen molar-refractivity contribution in [1.82, 2.24) is 4.98 Å². The van der Waals surface area contributed by atoms with Crippen LogP contribution in [0.15, 0.2) is 53.6 Å². The number of methoxy groups -OCH3 is 2. The molecule has 1 heterocycles. The Morgan fingerprint density at radius 2 is 1.77 bits per heavy atom. The van der Waals surface area contributed by atoms with E-state index < -0.39 is 17.8 Å². The van der Waals surface area contributed by atoms with Gasteiger partial charge in [-0.05, 0) is 41.9 Å². The number of carboxylic acids is 1. The molecule has 1 N–H and O–H groups in total. The zero-order chi connectivity index (χ0) is 22.5. The number of nitrogens with zero attached hydrogens (tertiary/aromatic N) is 4. The van der Waals surface area contributed by atoms with Crippen LogP contribution in [0.2, 0.25) is 0 Å². The first kappa shape index (κ1) is 21.3. The molecule has 3 aromatic rings. The van der Waals surface area contributed by atoms with Crippen LogP contribution >= 0.6 is 0 Å². The molecule has 0 atom stereocenters. The van der Waals surface area contributed by atoms with Crippen LogP contribution in [0.5, 0.6) is 5.75 Å². The second-order valence-corrected chi connectivity index (χ2v) is 6.17. The van der Waals surface area contributed by atoms with Gasteiger partial charge < -0.3 is 14.6 Å². The van der Waals surface area contributed by atoms with Crippen molar-refractivity contribution in [1.29, 1.82) is 0 Å². The number of carbonyl (C=O) groups excluding carboxylic acids is 1. The van der Waals surface area contributed by atoms with Crippen LogP contribution in [0, 0.1) is 5.82 Å². The number of aromatic nitrogens is 1. The first-order valence-electron chi connectivity index (χ1n) is 8.75. The second kappa shape index (κ2) is 8.93. The second-order valence-electron chi connectivity index (χ2n) is 6.17. The average Bonchev–Trinajstić information content (AvgIpc) is 2.78. The maximum Gasteiger partial charge on any atom is 0.337 e. The number of ether oxygens (including phenoxy) is 2. The Balaban J connectivity index is 2.25. The van der Waals surface area contributed by atoms with Crippen molar-refractivity contribution in [3.63, 3.8) is 0 Å². The third kappa shape index (κ3) is 4.29. The fraction of sp³-hybridized carbons (Fsp3) is 0.0952. The summed E-state index contributed by atoms with van der Waals surface area (Å²) in [6.45, 7) is 0. The monoisotopic (exact) mass is 422 g/mol. The molecule has 0 aliphatic carbocycles. The van der Waals surface area contributed by atoms with Gasteiger partial charge >= 0.3 is 11.9 Å². The number of hydrogen-bond donors (Lipinski definition) is 1. The molecule has 0 fully saturated rings. The number of halogens is 1. The first-order chi connectivity index (χ1) is 14.9. The van der Waals surface area contributed by atoms with E-state index in [2.05, 4.69) is 19.7 Å². The van der Waals surface area contributed by atoms with E-state index >= 15 is 0 Å². The lowest BCUT2D eigenvalue weighted by atomic mass is 10.0. The van der Waals surface area contributed by atoms with Crippen molar-refractivity contribution in [2.75, 3.05) is 14.2 Å². The van der Waals surface area contributed by atoms with Crippen molar-refractivity contribution in [3.8, 4) is 28.3 Å². The lowest BCUT2D eigenvalue weighted by Crippen LogP contribution is -2.03. The molecule has 0 saturated carbocycles. The van der Waals surface area contributed by atoms with Crippen molar-refractivity contribution in [2.24, 2.45) is 5.11 Å². The van der Waals surface area contributed by atoms with Gasteiger partial charge in [-0.2, -0.15) is 0 Å². The molecule has 0 unspecified atom stereocenters. The highest BCUT2D eigenvalue weighted by Crippen LogP contribution is 2.36. The predicted molar refractivity (Wildman–Crippen MR) is 109 cm³/mol. The fourth-order valence-corrected chi connectivity index (χ4v) is 2.90. The Morgan fingerprint density at radius 1 is 1.10 bits per heavy atom. The number of pyridine rings is 1. The SMILES string of the molecule is COC(=O)c1ccc(-c2nc(-c3ccc(OC)c(F)c3)cc(C(=O)O)c2N=[N+]=[N-])cc1. The summed E-state index contributed by atoms with van der Waals surface area (Å²) in [5, 5.41) is 13.2. The molecule has 0 spiro atoms. The molecule has 10 heteroatoms. The topological polar surface area (TPSA) is 134 Å². The van der Waals surface area contributed by atoms with Crippen LogP contribution in [0.3, 0.4) is 0 Å². The quantitative estimate of drug-likeness (QED) is 0.257. The third-order valence-electron chi connectivity index (χ3n) is 4.39. The van der Waals surface area contributed by atoms with Gasteiger partial charge in [0.2, 0.25) is 0 Å². The Labute approximate surface area is 175 Å². The van der Waals surface area contributed by atoms with E-state index in [1.807, 2.05) is 0 Å². The minimum atomic E-state index is -1.35. The highest BCUT2D eigenvalue weighted by Gasteiger charge is 2.20. The summed E-state index contributed by atoms with van der Waals surface area (Å²) in [6.07, 6.45) is 0. The molecule has 0 bridgehead atoms. The predicted octanol–water partition coefficient (Wildman–Crippen LogP) is 4.99. The Kier molecular flexibility index (Phi) is 6.13. The van der Waals surface area contributed by atoms with Crippen LogP contribution in [0.4, 0.5) is 10.1 Å². The largest absolute Gasteiger partial charge is 0.494 e. The number of benzene rings is 2. The zero-order valence-electron chi connectivity index (χ0n) is 16.4. The minimum Gasteiger partial charge on any atom is -0.494 e. The summed E-state index contributed by atoms with van der Waals surface area (Å²) in [6, 6.07) is 11.2. The van der Waals surface area contributed by atoms with Crippen LogP contribution in [0.1, 0.15) is 20.7 Å². The van der Waals surface area contributed by atoms with Gasteiger partial charge in [-0.3, -0.25) is 0 Å². The molecule has 0 aliphatic heterocycles. The maximum atomic E-state index is 14.2. The van der Waals surface area contributed by atoms with Crippen molar-refractivity contribution in [2.45, 2.75) is 0 Å². The number of azide groups is 1. The summed E-state index contributed by atoms with van der Waals surface area (Å²) in [4.78, 5) is 30.6. The van der Waals surface area contributed by atoms with Gasteiger partial charge in [0.15, 0.2) is 11.6 Å². The van der Waals surface area contributed by atoms with E-state index in [9.17, 15) is 19.1 Å². The van der Waals surface area contributed by atoms with E-state index in [0.717, 1.165) is 6.07 Å². The Hall–Kier alpha value is -4.43. The van der Waals surface area contributed by atoms with E-state index in [1.165, 1.54) is 56.7 Å². The van der Waals surface area contributed by atoms with Crippen molar-refractivity contribution in [3.05, 3.63) is 75.9 Å². The van der Waals surface area contributed by atoms with Crippen molar-refractivity contribution >= 4 is 17.6 Å². The van der Waals surface area contributed by atoms with E-state index in [4.69, 9.17) is 10.3 Å². The number of hydrogen-bond acceptors (Lipinski definition) is 6. The van der Waals surface area contributed by atoms with Crippen LogP contribution in [-0.4, -0.2) is 36.2 Å². The van der Waals surface area contributed by atoms with Gasteiger partial charge in [-0.25, -0.2) is 19.0 Å². The summed E-state index contributed by atoms with van der Waals surface area (Å²) in [5.74, 6) is -2.54. The molecule has 3 rings (SSSR count). The summed E-state index contributed by atoms with van der Waals surface area (Å²) in [5.41, 5.74) is 9.56. The van der Waals surface area contributed by atoms with Crippen LogP contribution in [-0.2, 0) is 4.74 Å². The van der Waals surface area contributed by atoms with Gasteiger partial charge in [0.25, 0.3) is 0 Å². The highest BCUT2D eigenvalue weighted by molar-refractivity contribution is 5.99. The van der Waals surface area contributed by atoms with E-state index in [1.54, 1.807) is 0 Å². The summed E-state index contributed by atoms with van der Waals surface area (Å²) in [7, 11) is 2.57. The molecule has 0 amide bonds. The normalized spacial score (nSPS) is 10.2. The summed E-state index contributed by atoms with van der Waals surface area (Å²) < 4.78 is 23.7. The molecule has 31 heavy (non-hydrogen) atoms. The smallest absolute Gasteiger partial charge is 0.337 e. The molecule has 0 radical (unpaired) electrons. The van der Waals surface area contributed by atoms with Gasteiger partial charge in [0.05, 0.1) is 42.4 Å². The number of aromatic carboxylic acids is 1. The van der Waals surface area contributed by atoms with E-state index in [-0.39, 0.29) is 34.0 Å². The molecule has 9 nitrogen and oxygen atoms in total. The van der Waals surface area contributed by atoms with Crippen LogP contribution in [0.25, 0.3) is 33.0 Å². The first-order valence-corrected chi connectivity index (χ1v) is 8.75. The highest BCUT2D eigenvalue weighted by atomic mass is 19.1. The average molecular weight is 422 g/mol. The number of carbonyl (C=O) groups is 2. The molecule has 0 saturated heterocycles. The molecular weight excluding hydrogens is 407 g/mol. The van der Waals surface area contributed by atoms with Crippen molar-refractivity contribution < 1.29 is 28.6 Å². The van der Waals surface area contributed by atoms with Gasteiger partial charge in [-0.1, -0.05) is 17.2 Å². The molecule has 0 aliphatic rings. The van der Waals surface area contributed by atoms with Gasteiger partial charge in [0, 0.05) is 16.0 Å².